The normalized spacial score (nSPS) is 21.0. The summed E-state index contributed by atoms with van der Waals surface area (Å²) in [4.78, 5) is 50.7. The molecule has 0 saturated heterocycles. The Bertz CT molecular complexity index is 1060. The number of aldehydes is 1. The summed E-state index contributed by atoms with van der Waals surface area (Å²) in [5.41, 5.74) is 1.62. The van der Waals surface area contributed by atoms with Crippen molar-refractivity contribution in [2.75, 3.05) is 6.61 Å². The Morgan fingerprint density at radius 1 is 1.05 bits per heavy atom. The highest BCUT2D eigenvalue weighted by atomic mass is 16.5. The molecule has 2 aromatic rings. The molecule has 2 bridgehead atoms. The molecule has 0 saturated carbocycles. The van der Waals surface area contributed by atoms with Crippen LogP contribution in [0.25, 0.3) is 0 Å². The number of hydrogen-bond donors (Lipinski definition) is 3. The lowest BCUT2D eigenvalue weighted by Gasteiger charge is -2.25. The Morgan fingerprint density at radius 3 is 2.47 bits per heavy atom. The molecule has 1 unspecified atom stereocenters. The molecule has 0 aromatic heterocycles. The van der Waals surface area contributed by atoms with Crippen molar-refractivity contribution in [1.82, 2.24) is 16.0 Å². The molecule has 2 aromatic carbocycles. The van der Waals surface area contributed by atoms with E-state index in [9.17, 15) is 19.2 Å². The van der Waals surface area contributed by atoms with Crippen LogP contribution in [0.1, 0.15) is 50.7 Å². The fourth-order valence-corrected chi connectivity index (χ4v) is 4.16. The van der Waals surface area contributed by atoms with Crippen LogP contribution in [-0.2, 0) is 32.1 Å². The number of ether oxygens (including phenoxy) is 2. The summed E-state index contributed by atoms with van der Waals surface area (Å²) < 4.78 is 11.1. The lowest BCUT2D eigenvalue weighted by Crippen LogP contribution is -2.56. The molecule has 0 aliphatic carbocycles. The Morgan fingerprint density at radius 2 is 1.79 bits per heavy atom. The van der Waals surface area contributed by atoms with Gasteiger partial charge in [-0.3, -0.25) is 9.59 Å². The van der Waals surface area contributed by atoms with Crippen molar-refractivity contribution in [2.24, 2.45) is 5.92 Å². The van der Waals surface area contributed by atoms with E-state index in [-0.39, 0.29) is 18.9 Å². The molecule has 9 nitrogen and oxygen atoms in total. The molecule has 204 valence electrons. The van der Waals surface area contributed by atoms with Crippen LogP contribution >= 0.6 is 0 Å². The minimum absolute atomic E-state index is 0.0541. The van der Waals surface area contributed by atoms with Gasteiger partial charge in [0, 0.05) is 6.42 Å². The van der Waals surface area contributed by atoms with Gasteiger partial charge in [0.15, 0.2) is 0 Å². The highest BCUT2D eigenvalue weighted by molar-refractivity contribution is 5.92. The Hall–Kier alpha value is -3.88. The number of carbonyl (C=O) groups excluding carboxylic acids is 4. The molecule has 0 radical (unpaired) electrons. The van der Waals surface area contributed by atoms with Gasteiger partial charge in [0.25, 0.3) is 0 Å². The van der Waals surface area contributed by atoms with Crippen molar-refractivity contribution in [2.45, 2.75) is 70.7 Å². The van der Waals surface area contributed by atoms with Crippen LogP contribution in [0.4, 0.5) is 4.79 Å². The molecule has 4 rings (SSSR count). The first-order valence-corrected chi connectivity index (χ1v) is 13.1. The Labute approximate surface area is 223 Å². The van der Waals surface area contributed by atoms with Gasteiger partial charge in [-0.2, -0.15) is 0 Å². The molecule has 38 heavy (non-hydrogen) atoms. The van der Waals surface area contributed by atoms with E-state index in [0.29, 0.717) is 37.9 Å². The van der Waals surface area contributed by atoms with Gasteiger partial charge in [0.1, 0.15) is 30.7 Å². The molecule has 2 heterocycles. The van der Waals surface area contributed by atoms with E-state index in [4.69, 9.17) is 9.47 Å². The average molecular weight is 524 g/mol. The third-order valence-corrected chi connectivity index (χ3v) is 6.19. The molecular weight excluding hydrogens is 486 g/mol. The summed E-state index contributed by atoms with van der Waals surface area (Å²) in [7, 11) is 0. The van der Waals surface area contributed by atoms with Crippen LogP contribution in [0.15, 0.2) is 54.6 Å². The zero-order chi connectivity index (χ0) is 27.3. The average Bonchev–Trinajstić information content (AvgIpc) is 2.91. The van der Waals surface area contributed by atoms with E-state index in [0.717, 1.165) is 17.5 Å². The fraction of sp³-hybridized carbons (Fsp3) is 0.448. The molecular formula is C29H37N3O6. The lowest BCUT2D eigenvalue weighted by atomic mass is 10.0. The quantitative estimate of drug-likeness (QED) is 0.500. The van der Waals surface area contributed by atoms with Gasteiger partial charge in [-0.1, -0.05) is 56.3 Å². The molecule has 9 heteroatoms. The van der Waals surface area contributed by atoms with Crippen molar-refractivity contribution in [3.8, 4) is 5.75 Å². The van der Waals surface area contributed by atoms with Crippen LogP contribution in [0.5, 0.6) is 5.75 Å². The molecule has 3 amide bonds. The van der Waals surface area contributed by atoms with Gasteiger partial charge in [0.05, 0.1) is 12.6 Å². The topological polar surface area (TPSA) is 123 Å². The summed E-state index contributed by atoms with van der Waals surface area (Å²) in [6.45, 7) is 4.42. The predicted molar refractivity (Wildman–Crippen MR) is 142 cm³/mol. The highest BCUT2D eigenvalue weighted by Crippen LogP contribution is 2.16. The van der Waals surface area contributed by atoms with Crippen molar-refractivity contribution < 1.29 is 28.7 Å². The van der Waals surface area contributed by atoms with Crippen molar-refractivity contribution in [3.05, 3.63) is 65.7 Å². The molecule has 3 atom stereocenters. The van der Waals surface area contributed by atoms with Crippen LogP contribution in [0, 0.1) is 5.92 Å². The van der Waals surface area contributed by atoms with Crippen molar-refractivity contribution in [1.29, 1.82) is 0 Å². The van der Waals surface area contributed by atoms with Crippen LogP contribution in [0.3, 0.4) is 0 Å². The second-order valence-electron chi connectivity index (χ2n) is 9.89. The first-order chi connectivity index (χ1) is 18.3. The SMILES string of the molecule is CC(C)CC1NC(=O)[C@@H](NC(=O)OCc2ccccc2)Cc2ccc(cc2)OCCCC[C@@H](C=O)NC1=O. The third kappa shape index (κ3) is 9.53. The number of benzene rings is 2. The monoisotopic (exact) mass is 523 g/mol. The Balaban J connectivity index is 1.80. The van der Waals surface area contributed by atoms with Gasteiger partial charge in [-0.25, -0.2) is 4.79 Å². The number of alkyl carbamates (subject to hydrolysis) is 1. The predicted octanol–water partition coefficient (Wildman–Crippen LogP) is 3.30. The second kappa shape index (κ2) is 14.8. The van der Waals surface area contributed by atoms with Gasteiger partial charge >= 0.3 is 6.09 Å². The number of nitrogens with one attached hydrogen (secondary N) is 3. The summed E-state index contributed by atoms with van der Waals surface area (Å²) in [6.07, 6.45) is 2.41. The minimum atomic E-state index is -0.995. The standard InChI is InChI=1S/C29H37N3O6/c1-20(2)16-25-27(34)30-23(18-33)10-6-7-15-37-24-13-11-21(12-14-24)17-26(28(35)31-25)32-29(36)38-19-22-8-4-3-5-9-22/h3-5,8-9,11-14,18,20,23,25-26H,6-7,10,15-17,19H2,1-2H3,(H,30,34)(H,31,35)(H,32,36)/t23-,25?,26-/m0/s1. The summed E-state index contributed by atoms with van der Waals surface area (Å²) in [6, 6.07) is 14.0. The smallest absolute Gasteiger partial charge is 0.408 e. The maximum Gasteiger partial charge on any atom is 0.408 e. The highest BCUT2D eigenvalue weighted by Gasteiger charge is 2.29. The lowest BCUT2D eigenvalue weighted by molar-refractivity contribution is -0.131. The zero-order valence-electron chi connectivity index (χ0n) is 22.0. The minimum Gasteiger partial charge on any atom is -0.494 e. The number of carbonyl (C=O) groups is 4. The molecule has 0 fully saturated rings. The number of fused-ring (bicyclic) bond motifs is 14. The molecule has 3 N–H and O–H groups in total. The molecule has 0 spiro atoms. The van der Waals surface area contributed by atoms with E-state index in [1.807, 2.05) is 68.4 Å². The van der Waals surface area contributed by atoms with Gasteiger partial charge in [-0.15, -0.1) is 0 Å². The number of amides is 3. The first-order valence-electron chi connectivity index (χ1n) is 13.1. The van der Waals surface area contributed by atoms with Gasteiger partial charge < -0.3 is 30.2 Å². The van der Waals surface area contributed by atoms with E-state index in [2.05, 4.69) is 16.0 Å². The van der Waals surface area contributed by atoms with Crippen molar-refractivity contribution >= 4 is 24.2 Å². The maximum atomic E-state index is 13.4. The maximum absolute atomic E-state index is 13.4. The summed E-state index contributed by atoms with van der Waals surface area (Å²) in [5, 5.41) is 8.20. The van der Waals surface area contributed by atoms with E-state index in [1.54, 1.807) is 0 Å². The van der Waals surface area contributed by atoms with Crippen LogP contribution in [-0.4, -0.2) is 48.9 Å². The molecule has 2 aliphatic rings. The second-order valence-corrected chi connectivity index (χ2v) is 9.89. The van der Waals surface area contributed by atoms with Gasteiger partial charge in [-0.05, 0) is 54.9 Å². The summed E-state index contributed by atoms with van der Waals surface area (Å²) >= 11 is 0. The third-order valence-electron chi connectivity index (χ3n) is 6.19. The van der Waals surface area contributed by atoms with Crippen LogP contribution < -0.4 is 20.7 Å². The Kier molecular flexibility index (Phi) is 11.1. The largest absolute Gasteiger partial charge is 0.494 e. The zero-order valence-corrected chi connectivity index (χ0v) is 22.0. The fourth-order valence-electron chi connectivity index (χ4n) is 4.16. The number of hydrogen-bond acceptors (Lipinski definition) is 6. The number of rotatable bonds is 6. The van der Waals surface area contributed by atoms with Crippen molar-refractivity contribution in [3.63, 3.8) is 0 Å². The first kappa shape index (κ1) is 28.7. The van der Waals surface area contributed by atoms with Gasteiger partial charge in [0.2, 0.25) is 11.8 Å². The van der Waals surface area contributed by atoms with E-state index < -0.39 is 36.0 Å². The van der Waals surface area contributed by atoms with E-state index in [1.165, 1.54) is 0 Å². The summed E-state index contributed by atoms with van der Waals surface area (Å²) in [5.74, 6) is -0.165. The van der Waals surface area contributed by atoms with Crippen LogP contribution in [0.2, 0.25) is 0 Å². The van der Waals surface area contributed by atoms with E-state index >= 15 is 0 Å². The molecule has 2 aliphatic heterocycles.